The number of carbonyl (C=O) groups is 2. The Morgan fingerprint density at radius 1 is 1.35 bits per heavy atom. The summed E-state index contributed by atoms with van der Waals surface area (Å²) >= 11 is 0. The monoisotopic (exact) mass is 236 g/mol. The third-order valence-electron chi connectivity index (χ3n) is 1.99. The standard InChI is InChI=1S/C12H16N2O3/c1-3-17-12(16)9-5-4-6-10(7-9)14-11(15)8-13-2/h4-7,13H,3,8H2,1-2H3,(H,14,15). The lowest BCUT2D eigenvalue weighted by atomic mass is 10.2. The van der Waals surface area contributed by atoms with Crippen molar-refractivity contribution >= 4 is 17.6 Å². The highest BCUT2D eigenvalue weighted by Crippen LogP contribution is 2.11. The van der Waals surface area contributed by atoms with Crippen molar-refractivity contribution in [3.8, 4) is 0 Å². The SMILES string of the molecule is CCOC(=O)c1cccc(NC(=O)CNC)c1. The number of ether oxygens (including phenoxy) is 1. The van der Waals surface area contributed by atoms with Crippen molar-refractivity contribution in [3.63, 3.8) is 0 Å². The second-order valence-electron chi connectivity index (χ2n) is 3.38. The summed E-state index contributed by atoms with van der Waals surface area (Å²) in [4.78, 5) is 22.8. The number of carbonyl (C=O) groups excluding carboxylic acids is 2. The molecule has 1 amide bonds. The molecule has 2 N–H and O–H groups in total. The van der Waals surface area contributed by atoms with Gasteiger partial charge in [-0.1, -0.05) is 6.07 Å². The molecule has 17 heavy (non-hydrogen) atoms. The van der Waals surface area contributed by atoms with Crippen LogP contribution in [0.15, 0.2) is 24.3 Å². The molecule has 0 aliphatic rings. The minimum absolute atomic E-state index is 0.159. The van der Waals surface area contributed by atoms with E-state index in [9.17, 15) is 9.59 Å². The van der Waals surface area contributed by atoms with Gasteiger partial charge < -0.3 is 15.4 Å². The first kappa shape index (κ1) is 13.2. The average molecular weight is 236 g/mol. The number of likely N-dealkylation sites (N-methyl/N-ethyl adjacent to an activating group) is 1. The van der Waals surface area contributed by atoms with Gasteiger partial charge in [-0.3, -0.25) is 4.79 Å². The predicted octanol–water partition coefficient (Wildman–Crippen LogP) is 1.02. The van der Waals surface area contributed by atoms with Gasteiger partial charge in [-0.25, -0.2) is 4.79 Å². The van der Waals surface area contributed by atoms with Crippen molar-refractivity contribution in [2.45, 2.75) is 6.92 Å². The fraction of sp³-hybridized carbons (Fsp3) is 0.333. The van der Waals surface area contributed by atoms with Crippen LogP contribution in [0.25, 0.3) is 0 Å². The van der Waals surface area contributed by atoms with Crippen molar-refractivity contribution in [2.24, 2.45) is 0 Å². The molecular formula is C12H16N2O3. The highest BCUT2D eigenvalue weighted by Gasteiger charge is 2.07. The Morgan fingerprint density at radius 3 is 2.76 bits per heavy atom. The number of esters is 1. The molecule has 1 aromatic carbocycles. The molecule has 0 aromatic heterocycles. The molecule has 0 bridgehead atoms. The number of amides is 1. The molecule has 0 heterocycles. The van der Waals surface area contributed by atoms with E-state index in [1.165, 1.54) is 0 Å². The molecule has 0 saturated heterocycles. The van der Waals surface area contributed by atoms with E-state index < -0.39 is 5.97 Å². The predicted molar refractivity (Wildman–Crippen MR) is 65.0 cm³/mol. The first-order chi connectivity index (χ1) is 8.17. The molecule has 92 valence electrons. The molecule has 5 nitrogen and oxygen atoms in total. The third-order valence-corrected chi connectivity index (χ3v) is 1.99. The number of rotatable bonds is 5. The molecule has 1 rings (SSSR count). The normalized spacial score (nSPS) is 9.76. The summed E-state index contributed by atoms with van der Waals surface area (Å²) in [6, 6.07) is 6.65. The maximum atomic E-state index is 11.5. The number of hydrogen-bond donors (Lipinski definition) is 2. The van der Waals surface area contributed by atoms with Crippen LogP contribution in [-0.4, -0.2) is 32.1 Å². The first-order valence-corrected chi connectivity index (χ1v) is 5.39. The quantitative estimate of drug-likeness (QED) is 0.749. The summed E-state index contributed by atoms with van der Waals surface area (Å²) in [7, 11) is 1.69. The highest BCUT2D eigenvalue weighted by atomic mass is 16.5. The van der Waals surface area contributed by atoms with Gasteiger partial charge in [0.05, 0.1) is 18.7 Å². The Balaban J connectivity index is 2.72. The zero-order valence-corrected chi connectivity index (χ0v) is 9.95. The van der Waals surface area contributed by atoms with E-state index in [0.717, 1.165) is 0 Å². The number of hydrogen-bond acceptors (Lipinski definition) is 4. The lowest BCUT2D eigenvalue weighted by Gasteiger charge is -2.06. The second-order valence-corrected chi connectivity index (χ2v) is 3.38. The van der Waals surface area contributed by atoms with E-state index in [-0.39, 0.29) is 12.5 Å². The second kappa shape index (κ2) is 6.65. The fourth-order valence-electron chi connectivity index (χ4n) is 1.30. The van der Waals surface area contributed by atoms with Crippen LogP contribution in [0.3, 0.4) is 0 Å². The van der Waals surface area contributed by atoms with Gasteiger partial charge >= 0.3 is 5.97 Å². The Bertz CT molecular complexity index is 404. The molecule has 5 heteroatoms. The molecule has 0 spiro atoms. The Kier molecular flexibility index (Phi) is 5.16. The molecule has 0 unspecified atom stereocenters. The van der Waals surface area contributed by atoms with Crippen LogP contribution >= 0.6 is 0 Å². The van der Waals surface area contributed by atoms with Crippen molar-refractivity contribution in [1.82, 2.24) is 5.32 Å². The molecule has 0 atom stereocenters. The molecule has 1 aromatic rings. The Morgan fingerprint density at radius 2 is 2.12 bits per heavy atom. The summed E-state index contributed by atoms with van der Waals surface area (Å²) in [5.41, 5.74) is 1.00. The first-order valence-electron chi connectivity index (χ1n) is 5.39. The van der Waals surface area contributed by atoms with Gasteiger partial charge in [0, 0.05) is 5.69 Å². The van der Waals surface area contributed by atoms with Crippen molar-refractivity contribution in [2.75, 3.05) is 25.5 Å². The van der Waals surface area contributed by atoms with E-state index in [1.54, 1.807) is 38.2 Å². The zero-order chi connectivity index (χ0) is 12.7. The van der Waals surface area contributed by atoms with Crippen LogP contribution in [0.5, 0.6) is 0 Å². The minimum atomic E-state index is -0.391. The highest BCUT2D eigenvalue weighted by molar-refractivity contribution is 5.95. The maximum Gasteiger partial charge on any atom is 0.338 e. The Hall–Kier alpha value is -1.88. The number of anilines is 1. The molecular weight excluding hydrogens is 220 g/mol. The Labute approximate surface area is 100 Å². The van der Waals surface area contributed by atoms with Crippen LogP contribution in [0.2, 0.25) is 0 Å². The molecule has 0 saturated carbocycles. The fourth-order valence-corrected chi connectivity index (χ4v) is 1.30. The van der Waals surface area contributed by atoms with E-state index in [2.05, 4.69) is 10.6 Å². The third kappa shape index (κ3) is 4.24. The van der Waals surface area contributed by atoms with Gasteiger partial charge in [0.1, 0.15) is 0 Å². The lowest BCUT2D eigenvalue weighted by molar-refractivity contribution is -0.115. The van der Waals surface area contributed by atoms with Gasteiger partial charge in [0.2, 0.25) is 5.91 Å². The van der Waals surface area contributed by atoms with E-state index in [1.807, 2.05) is 0 Å². The average Bonchev–Trinajstić information content (AvgIpc) is 2.30. The van der Waals surface area contributed by atoms with Crippen molar-refractivity contribution in [1.29, 1.82) is 0 Å². The van der Waals surface area contributed by atoms with Gasteiger partial charge in [-0.2, -0.15) is 0 Å². The zero-order valence-electron chi connectivity index (χ0n) is 9.95. The molecule has 0 radical (unpaired) electrons. The van der Waals surface area contributed by atoms with Crippen LogP contribution in [0, 0.1) is 0 Å². The largest absolute Gasteiger partial charge is 0.462 e. The summed E-state index contributed by atoms with van der Waals surface area (Å²) in [5, 5.41) is 5.41. The topological polar surface area (TPSA) is 67.4 Å². The number of nitrogens with one attached hydrogen (secondary N) is 2. The smallest absolute Gasteiger partial charge is 0.338 e. The molecule has 0 fully saturated rings. The van der Waals surface area contributed by atoms with Crippen LogP contribution in [-0.2, 0) is 9.53 Å². The van der Waals surface area contributed by atoms with Crippen LogP contribution < -0.4 is 10.6 Å². The molecule has 0 aliphatic heterocycles. The number of benzene rings is 1. The van der Waals surface area contributed by atoms with Crippen LogP contribution in [0.1, 0.15) is 17.3 Å². The van der Waals surface area contributed by atoms with Gasteiger partial charge in [-0.05, 0) is 32.2 Å². The summed E-state index contributed by atoms with van der Waals surface area (Å²) in [6.07, 6.45) is 0. The minimum Gasteiger partial charge on any atom is -0.462 e. The summed E-state index contributed by atoms with van der Waals surface area (Å²) in [5.74, 6) is -0.550. The van der Waals surface area contributed by atoms with Gasteiger partial charge in [0.15, 0.2) is 0 Å². The van der Waals surface area contributed by atoms with Gasteiger partial charge in [-0.15, -0.1) is 0 Å². The summed E-state index contributed by atoms with van der Waals surface area (Å²) in [6.45, 7) is 2.30. The van der Waals surface area contributed by atoms with Crippen molar-refractivity contribution < 1.29 is 14.3 Å². The lowest BCUT2D eigenvalue weighted by Crippen LogP contribution is -2.25. The van der Waals surface area contributed by atoms with Gasteiger partial charge in [0.25, 0.3) is 0 Å². The maximum absolute atomic E-state index is 11.5. The van der Waals surface area contributed by atoms with Crippen LogP contribution in [0.4, 0.5) is 5.69 Å². The summed E-state index contributed by atoms with van der Waals surface area (Å²) < 4.78 is 4.87. The van der Waals surface area contributed by atoms with E-state index in [4.69, 9.17) is 4.74 Å². The van der Waals surface area contributed by atoms with Crippen molar-refractivity contribution in [3.05, 3.63) is 29.8 Å². The molecule has 0 aliphatic carbocycles. The van der Waals surface area contributed by atoms with E-state index in [0.29, 0.717) is 17.9 Å². The van der Waals surface area contributed by atoms with E-state index >= 15 is 0 Å².